The van der Waals surface area contributed by atoms with Crippen LogP contribution in [0.2, 0.25) is 0 Å². The van der Waals surface area contributed by atoms with Crippen molar-refractivity contribution in [1.82, 2.24) is 19.9 Å². The van der Waals surface area contributed by atoms with Gasteiger partial charge in [0.1, 0.15) is 0 Å². The summed E-state index contributed by atoms with van der Waals surface area (Å²) in [5, 5.41) is 13.9. The molecule has 9 rings (SSSR count). The van der Waals surface area contributed by atoms with Crippen molar-refractivity contribution in [3.05, 3.63) is 141 Å². The largest absolute Gasteiger partial charge is 0.354 e. The van der Waals surface area contributed by atoms with E-state index in [1.165, 1.54) is 43.1 Å². The third-order valence-electron chi connectivity index (χ3n) is 8.26. The van der Waals surface area contributed by atoms with Crippen molar-refractivity contribution in [2.75, 3.05) is 0 Å². The molecule has 1 radical (unpaired) electrons. The summed E-state index contributed by atoms with van der Waals surface area (Å²) >= 11 is 0. The van der Waals surface area contributed by atoms with Crippen LogP contribution in [0.5, 0.6) is 0 Å². The summed E-state index contributed by atoms with van der Waals surface area (Å²) in [6, 6.07) is 34.4. The zero-order valence-electron chi connectivity index (χ0n) is 21.8. The molecule has 4 nitrogen and oxygen atoms in total. The Labute approximate surface area is 244 Å². The number of hydrogen-bond acceptors (Lipinski definition) is 0. The zero-order chi connectivity index (χ0) is 26.2. The van der Waals surface area contributed by atoms with Crippen LogP contribution in [0.1, 0.15) is 22.8 Å². The molecule has 41 heavy (non-hydrogen) atoms. The molecule has 4 aromatic heterocycles. The first kappa shape index (κ1) is 23.9. The van der Waals surface area contributed by atoms with E-state index in [1.54, 1.807) is 0 Å². The van der Waals surface area contributed by atoms with E-state index < -0.39 is 0 Å². The molecule has 8 aromatic rings. The second kappa shape index (κ2) is 9.03. The average Bonchev–Trinajstić information content (AvgIpc) is 3.73. The fourth-order valence-electron chi connectivity index (χ4n) is 6.42. The number of benzene rings is 4. The maximum absolute atomic E-state index is 3.75. The molecule has 8 bridgehead atoms. The molecule has 199 valence electrons. The van der Waals surface area contributed by atoms with Gasteiger partial charge in [0, 0.05) is 104 Å². The van der Waals surface area contributed by atoms with Crippen LogP contribution in [-0.2, 0) is 17.1 Å². The van der Waals surface area contributed by atoms with Gasteiger partial charge in [0.25, 0.3) is 0 Å². The monoisotopic (exact) mass is 575 g/mol. The van der Waals surface area contributed by atoms with Crippen LogP contribution in [0.4, 0.5) is 0 Å². The predicted molar refractivity (Wildman–Crippen MR) is 166 cm³/mol. The fraction of sp³-hybridized carbons (Fsp3) is 0. The van der Waals surface area contributed by atoms with Gasteiger partial charge in [0.05, 0.1) is 0 Å². The number of rotatable bonds is 0. The third kappa shape index (κ3) is 3.60. The molecular weight excluding hydrogens is 552 g/mol. The Hall–Kier alpha value is -4.96. The van der Waals surface area contributed by atoms with Crippen LogP contribution >= 0.6 is 0 Å². The molecule has 4 aromatic carbocycles. The first-order valence-electron chi connectivity index (χ1n) is 13.6. The standard InChI is InChI=1S/C36H24N4.Cu/c1-2-10-22-21(9-1)29-17-31-23-11-3-4-12-24(23)33(38-31)19-35-27-15-7-8-16-28(27)36(40-35)20-34-26-14-6-5-13-25(26)32(39-34)18-30(22)37-29;/h1-20,37-40H;. The molecule has 1 aliphatic rings. The van der Waals surface area contributed by atoms with Crippen LogP contribution in [0.15, 0.2) is 97.1 Å². The summed E-state index contributed by atoms with van der Waals surface area (Å²) in [6.45, 7) is 0. The van der Waals surface area contributed by atoms with Gasteiger partial charge in [0.15, 0.2) is 0 Å². The van der Waals surface area contributed by atoms with E-state index in [0.29, 0.717) is 0 Å². The van der Waals surface area contributed by atoms with E-state index in [4.69, 9.17) is 0 Å². The van der Waals surface area contributed by atoms with E-state index in [-0.39, 0.29) is 17.1 Å². The second-order valence-electron chi connectivity index (χ2n) is 10.6. The molecule has 1 aliphatic heterocycles. The molecule has 0 saturated carbocycles. The Morgan fingerprint density at radius 2 is 0.488 bits per heavy atom. The summed E-state index contributed by atoms with van der Waals surface area (Å²) in [5.41, 5.74) is 4.34. The Balaban J connectivity index is 0.00000256. The SMILES string of the molecule is C1=c2[nH]c(c3ccccc23)=Cc2[nH]c(c3ccccc23)C=c2[nH]c(c3ccccc23)=Cc2[nH]c1c1ccccc21.[Cu]. The van der Waals surface area contributed by atoms with Gasteiger partial charge in [-0.05, 0) is 24.3 Å². The van der Waals surface area contributed by atoms with Gasteiger partial charge in [-0.25, -0.2) is 0 Å². The number of H-pyrrole nitrogens is 4. The van der Waals surface area contributed by atoms with E-state index in [2.05, 4.69) is 141 Å². The normalized spacial score (nSPS) is 12.5. The van der Waals surface area contributed by atoms with E-state index >= 15 is 0 Å². The van der Waals surface area contributed by atoms with Crippen molar-refractivity contribution >= 4 is 67.4 Å². The predicted octanol–water partition coefficient (Wildman–Crippen LogP) is 5.24. The minimum Gasteiger partial charge on any atom is -0.354 e. The molecule has 0 fully saturated rings. The minimum atomic E-state index is 0. The van der Waals surface area contributed by atoms with Crippen molar-refractivity contribution in [3.8, 4) is 0 Å². The molecule has 5 heterocycles. The molecule has 0 atom stereocenters. The first-order valence-corrected chi connectivity index (χ1v) is 13.6. The smallest absolute Gasteiger partial charge is 0.0485 e. The molecule has 0 spiro atoms. The van der Waals surface area contributed by atoms with Crippen molar-refractivity contribution in [1.29, 1.82) is 0 Å². The molecule has 0 saturated heterocycles. The van der Waals surface area contributed by atoms with Crippen molar-refractivity contribution < 1.29 is 17.1 Å². The van der Waals surface area contributed by atoms with Crippen LogP contribution in [0, 0.1) is 0 Å². The van der Waals surface area contributed by atoms with Crippen LogP contribution in [0.25, 0.3) is 67.4 Å². The van der Waals surface area contributed by atoms with Gasteiger partial charge in [0.2, 0.25) is 0 Å². The number of aromatic nitrogens is 4. The van der Waals surface area contributed by atoms with E-state index in [0.717, 1.165) is 44.2 Å². The third-order valence-corrected chi connectivity index (χ3v) is 8.26. The maximum Gasteiger partial charge on any atom is 0.0485 e. The second-order valence-corrected chi connectivity index (χ2v) is 10.6. The minimum absolute atomic E-state index is 0. The first-order chi connectivity index (χ1) is 19.8. The molecule has 4 N–H and O–H groups in total. The number of hydrogen-bond donors (Lipinski definition) is 4. The summed E-state index contributed by atoms with van der Waals surface area (Å²) in [7, 11) is 0. The Kier molecular flexibility index (Phi) is 5.26. The Morgan fingerprint density at radius 1 is 0.268 bits per heavy atom. The van der Waals surface area contributed by atoms with Crippen LogP contribution < -0.4 is 21.4 Å². The van der Waals surface area contributed by atoms with Gasteiger partial charge in [-0.3, -0.25) is 0 Å². The summed E-state index contributed by atoms with van der Waals surface area (Å²) in [6.07, 6.45) is 8.98. The fourth-order valence-corrected chi connectivity index (χ4v) is 6.42. The molecular formula is C36H24CuN4. The molecule has 0 unspecified atom stereocenters. The van der Waals surface area contributed by atoms with Gasteiger partial charge >= 0.3 is 0 Å². The van der Waals surface area contributed by atoms with Gasteiger partial charge < -0.3 is 19.9 Å². The van der Waals surface area contributed by atoms with Crippen LogP contribution in [0.3, 0.4) is 0 Å². The summed E-state index contributed by atoms with van der Waals surface area (Å²) in [4.78, 5) is 15.0. The Morgan fingerprint density at radius 3 is 0.732 bits per heavy atom. The average molecular weight is 576 g/mol. The van der Waals surface area contributed by atoms with Crippen molar-refractivity contribution in [2.24, 2.45) is 0 Å². The van der Waals surface area contributed by atoms with E-state index in [1.807, 2.05) is 0 Å². The molecule has 0 amide bonds. The Bertz CT molecular complexity index is 2210. The number of fused-ring (bicyclic) bond motifs is 20. The topological polar surface area (TPSA) is 63.2 Å². The van der Waals surface area contributed by atoms with Crippen molar-refractivity contribution in [2.45, 2.75) is 0 Å². The van der Waals surface area contributed by atoms with Gasteiger partial charge in [-0.15, -0.1) is 0 Å². The number of nitrogens with one attached hydrogen (secondary N) is 4. The van der Waals surface area contributed by atoms with E-state index in [9.17, 15) is 0 Å². The molecule has 5 heteroatoms. The quantitative estimate of drug-likeness (QED) is 0.179. The molecule has 0 aliphatic carbocycles. The van der Waals surface area contributed by atoms with Gasteiger partial charge in [-0.2, -0.15) is 0 Å². The number of aromatic amines is 4. The summed E-state index contributed by atoms with van der Waals surface area (Å²) < 4.78 is 0. The maximum atomic E-state index is 3.75. The summed E-state index contributed by atoms with van der Waals surface area (Å²) in [5.74, 6) is 0. The van der Waals surface area contributed by atoms with Crippen molar-refractivity contribution in [3.63, 3.8) is 0 Å². The van der Waals surface area contributed by atoms with Gasteiger partial charge in [-0.1, -0.05) is 97.1 Å². The van der Waals surface area contributed by atoms with Crippen LogP contribution in [-0.4, -0.2) is 19.9 Å². The zero-order valence-corrected chi connectivity index (χ0v) is 22.8.